The third kappa shape index (κ3) is 3.38. The fourth-order valence-corrected chi connectivity index (χ4v) is 2.10. The zero-order chi connectivity index (χ0) is 13.9. The minimum absolute atomic E-state index is 0.104. The molecule has 4 nitrogen and oxygen atoms in total. The van der Waals surface area contributed by atoms with Gasteiger partial charge < -0.3 is 11.1 Å². The van der Waals surface area contributed by atoms with Crippen LogP contribution in [0, 0.1) is 0 Å². The lowest BCUT2D eigenvalue weighted by Gasteiger charge is -2.24. The van der Waals surface area contributed by atoms with Gasteiger partial charge in [-0.15, -0.1) is 5.10 Å². The van der Waals surface area contributed by atoms with Crippen molar-refractivity contribution < 1.29 is 0 Å². The van der Waals surface area contributed by atoms with Crippen LogP contribution in [0.3, 0.4) is 0 Å². The van der Waals surface area contributed by atoms with Gasteiger partial charge in [0.05, 0.1) is 11.3 Å². The van der Waals surface area contributed by atoms with Crippen LogP contribution in [-0.2, 0) is 12.8 Å². The van der Waals surface area contributed by atoms with Gasteiger partial charge in [0.1, 0.15) is 4.99 Å². The van der Waals surface area contributed by atoms with E-state index in [1.54, 1.807) is 0 Å². The minimum atomic E-state index is -0.104. The highest BCUT2D eigenvalue weighted by molar-refractivity contribution is 7.80. The number of anilines is 1. The Labute approximate surface area is 114 Å². The number of rotatable bonds is 4. The maximum atomic E-state index is 5.86. The Hall–Kier alpha value is -1.23. The highest BCUT2D eigenvalue weighted by atomic mass is 32.1. The first-order valence-corrected chi connectivity index (χ1v) is 6.67. The molecule has 1 rings (SSSR count). The van der Waals surface area contributed by atoms with Crippen molar-refractivity contribution >= 4 is 23.0 Å². The number of nitrogens with two attached hydrogens (primary N) is 1. The Morgan fingerprint density at radius 1 is 1.22 bits per heavy atom. The normalized spacial score (nSPS) is 11.4. The van der Waals surface area contributed by atoms with E-state index >= 15 is 0 Å². The number of aromatic nitrogens is 2. The van der Waals surface area contributed by atoms with E-state index in [2.05, 4.69) is 50.1 Å². The molecule has 1 heterocycles. The molecule has 0 atom stereocenters. The van der Waals surface area contributed by atoms with Gasteiger partial charge >= 0.3 is 0 Å². The average Bonchev–Trinajstić information content (AvgIpc) is 2.25. The lowest BCUT2D eigenvalue weighted by molar-refractivity contribution is 0.626. The Morgan fingerprint density at radius 3 is 2.22 bits per heavy atom. The van der Waals surface area contributed by atoms with E-state index in [0.29, 0.717) is 10.8 Å². The molecule has 0 spiro atoms. The van der Waals surface area contributed by atoms with Crippen LogP contribution in [0.25, 0.3) is 0 Å². The van der Waals surface area contributed by atoms with Gasteiger partial charge in [-0.05, 0) is 39.2 Å². The summed E-state index contributed by atoms with van der Waals surface area (Å²) >= 11 is 5.17. The van der Waals surface area contributed by atoms with Crippen LogP contribution in [0.15, 0.2) is 0 Å². The van der Waals surface area contributed by atoms with Gasteiger partial charge in [-0.25, -0.2) is 0 Å². The van der Waals surface area contributed by atoms with Crippen molar-refractivity contribution in [3.63, 3.8) is 0 Å². The molecule has 5 heteroatoms. The summed E-state index contributed by atoms with van der Waals surface area (Å²) in [4.78, 5) is 0.378. The number of hydrogen-bond donors (Lipinski definition) is 2. The molecule has 0 bridgehead atoms. The highest BCUT2D eigenvalue weighted by Crippen LogP contribution is 2.23. The standard InChI is InChI=1S/C13H22N4S/c1-6-8-9(7-2)16-17-12(10(8)11(14)18)15-13(3,4)5/h6-7H2,1-5H3,(H2,14,18)(H,15,17). The molecule has 100 valence electrons. The molecule has 3 N–H and O–H groups in total. The number of hydrogen-bond acceptors (Lipinski definition) is 4. The van der Waals surface area contributed by atoms with E-state index in [-0.39, 0.29) is 5.54 Å². The van der Waals surface area contributed by atoms with Crippen molar-refractivity contribution in [2.24, 2.45) is 5.73 Å². The first kappa shape index (κ1) is 14.8. The van der Waals surface area contributed by atoms with E-state index in [1.807, 2.05) is 0 Å². The molecular formula is C13H22N4S. The van der Waals surface area contributed by atoms with E-state index in [9.17, 15) is 0 Å². The molecule has 1 aromatic heterocycles. The molecule has 0 aliphatic rings. The second-order valence-corrected chi connectivity index (χ2v) is 5.74. The fraction of sp³-hybridized carbons (Fsp3) is 0.615. The molecular weight excluding hydrogens is 244 g/mol. The van der Waals surface area contributed by atoms with Crippen molar-refractivity contribution in [2.75, 3.05) is 5.32 Å². The molecule has 0 aliphatic carbocycles. The smallest absolute Gasteiger partial charge is 0.159 e. The van der Waals surface area contributed by atoms with Gasteiger partial charge in [-0.1, -0.05) is 26.1 Å². The second-order valence-electron chi connectivity index (χ2n) is 5.30. The third-order valence-corrected chi connectivity index (χ3v) is 2.79. The van der Waals surface area contributed by atoms with Crippen molar-refractivity contribution in [1.82, 2.24) is 10.2 Å². The van der Waals surface area contributed by atoms with Gasteiger partial charge in [-0.3, -0.25) is 0 Å². The molecule has 0 radical (unpaired) electrons. The van der Waals surface area contributed by atoms with Crippen LogP contribution >= 0.6 is 12.2 Å². The maximum absolute atomic E-state index is 5.86. The van der Waals surface area contributed by atoms with Gasteiger partial charge in [0.2, 0.25) is 0 Å². The predicted octanol–water partition coefficient (Wildman–Crippen LogP) is 2.45. The number of aryl methyl sites for hydroxylation is 1. The van der Waals surface area contributed by atoms with Crippen LogP contribution in [0.4, 0.5) is 5.82 Å². The Bertz CT molecular complexity index is 449. The molecule has 0 saturated heterocycles. The molecule has 0 amide bonds. The monoisotopic (exact) mass is 266 g/mol. The molecule has 0 unspecified atom stereocenters. The molecule has 0 fully saturated rings. The zero-order valence-electron chi connectivity index (χ0n) is 11.8. The number of thiocarbonyl (C=S) groups is 1. The molecule has 0 saturated carbocycles. The summed E-state index contributed by atoms with van der Waals surface area (Å²) in [7, 11) is 0. The SMILES string of the molecule is CCc1nnc(NC(C)(C)C)c(C(N)=S)c1CC. The van der Waals surface area contributed by atoms with Crippen LogP contribution in [-0.4, -0.2) is 20.7 Å². The van der Waals surface area contributed by atoms with Crippen molar-refractivity contribution in [1.29, 1.82) is 0 Å². The topological polar surface area (TPSA) is 63.8 Å². The lowest BCUT2D eigenvalue weighted by atomic mass is 10.0. The van der Waals surface area contributed by atoms with Crippen molar-refractivity contribution in [3.8, 4) is 0 Å². The predicted molar refractivity (Wildman–Crippen MR) is 80.1 cm³/mol. The second kappa shape index (κ2) is 5.61. The summed E-state index contributed by atoms with van der Waals surface area (Å²) in [6.45, 7) is 10.3. The van der Waals surface area contributed by atoms with Gasteiger partial charge in [0.15, 0.2) is 5.82 Å². The quantitative estimate of drug-likeness (QED) is 0.820. The van der Waals surface area contributed by atoms with E-state index in [1.165, 1.54) is 0 Å². The summed E-state index contributed by atoms with van der Waals surface area (Å²) in [6.07, 6.45) is 1.69. The first-order valence-electron chi connectivity index (χ1n) is 6.26. The third-order valence-electron chi connectivity index (χ3n) is 2.59. The van der Waals surface area contributed by atoms with Crippen LogP contribution in [0.5, 0.6) is 0 Å². The first-order chi connectivity index (χ1) is 8.30. The van der Waals surface area contributed by atoms with Crippen LogP contribution in [0.2, 0.25) is 0 Å². The van der Waals surface area contributed by atoms with Crippen LogP contribution < -0.4 is 11.1 Å². The molecule has 0 aromatic carbocycles. The summed E-state index contributed by atoms with van der Waals surface area (Å²) in [5.41, 5.74) is 8.67. The number of nitrogens with zero attached hydrogens (tertiary/aromatic N) is 2. The maximum Gasteiger partial charge on any atom is 0.159 e. The molecule has 1 aromatic rings. The zero-order valence-corrected chi connectivity index (χ0v) is 12.6. The minimum Gasteiger partial charge on any atom is -0.389 e. The van der Waals surface area contributed by atoms with E-state index in [4.69, 9.17) is 18.0 Å². The van der Waals surface area contributed by atoms with E-state index in [0.717, 1.165) is 29.7 Å². The van der Waals surface area contributed by atoms with Crippen LogP contribution in [0.1, 0.15) is 51.4 Å². The van der Waals surface area contributed by atoms with Gasteiger partial charge in [0.25, 0.3) is 0 Å². The highest BCUT2D eigenvalue weighted by Gasteiger charge is 2.20. The lowest BCUT2D eigenvalue weighted by Crippen LogP contribution is -2.30. The van der Waals surface area contributed by atoms with Crippen molar-refractivity contribution in [3.05, 3.63) is 16.8 Å². The summed E-state index contributed by atoms with van der Waals surface area (Å²) in [5, 5.41) is 11.8. The van der Waals surface area contributed by atoms with E-state index < -0.39 is 0 Å². The summed E-state index contributed by atoms with van der Waals surface area (Å²) in [6, 6.07) is 0. The summed E-state index contributed by atoms with van der Waals surface area (Å²) < 4.78 is 0. The van der Waals surface area contributed by atoms with Gasteiger partial charge in [0, 0.05) is 5.54 Å². The fourth-order valence-electron chi connectivity index (χ4n) is 1.88. The Balaban J connectivity index is 3.39. The average molecular weight is 266 g/mol. The largest absolute Gasteiger partial charge is 0.389 e. The van der Waals surface area contributed by atoms with Crippen molar-refractivity contribution in [2.45, 2.75) is 53.0 Å². The Morgan fingerprint density at radius 2 is 1.83 bits per heavy atom. The summed E-state index contributed by atoms with van der Waals surface area (Å²) in [5.74, 6) is 0.684. The van der Waals surface area contributed by atoms with Gasteiger partial charge in [-0.2, -0.15) is 5.10 Å². The number of nitrogens with one attached hydrogen (secondary N) is 1. The Kier molecular flexibility index (Phi) is 4.62. The molecule has 18 heavy (non-hydrogen) atoms. The molecule has 0 aliphatic heterocycles.